The number of nitrogens with zero attached hydrogens (tertiary/aromatic N) is 3. The van der Waals surface area contributed by atoms with Crippen LogP contribution in [0.2, 0.25) is 5.15 Å². The second-order valence-corrected chi connectivity index (χ2v) is 7.01. The average Bonchev–Trinajstić information content (AvgIpc) is 3.17. The standard InChI is InChI=1S/C22H19ClN4O2/c1-27-11-10-24-21(27)20(15-4-3-5-17(13-15)29-2)26-22(28)16-6-8-18-14(12-16)7-9-19(23)25-18/h3-13,20H,1-2H3,(H,26,28). The van der Waals surface area contributed by atoms with Crippen LogP contribution in [0, 0.1) is 0 Å². The van der Waals surface area contributed by atoms with Gasteiger partial charge < -0.3 is 14.6 Å². The van der Waals surface area contributed by atoms with Crippen LogP contribution in [0.15, 0.2) is 67.0 Å². The highest BCUT2D eigenvalue weighted by atomic mass is 35.5. The van der Waals surface area contributed by atoms with E-state index in [0.29, 0.717) is 16.5 Å². The number of hydrogen-bond donors (Lipinski definition) is 1. The van der Waals surface area contributed by atoms with Crippen LogP contribution < -0.4 is 10.1 Å². The van der Waals surface area contributed by atoms with Crippen LogP contribution in [0.1, 0.15) is 27.8 Å². The van der Waals surface area contributed by atoms with E-state index in [0.717, 1.165) is 22.3 Å². The normalized spacial score (nSPS) is 12.0. The van der Waals surface area contributed by atoms with Crippen LogP contribution in [0.5, 0.6) is 5.75 Å². The summed E-state index contributed by atoms with van der Waals surface area (Å²) in [6.07, 6.45) is 3.56. The summed E-state index contributed by atoms with van der Waals surface area (Å²) in [5.74, 6) is 1.23. The van der Waals surface area contributed by atoms with E-state index < -0.39 is 6.04 Å². The van der Waals surface area contributed by atoms with E-state index in [9.17, 15) is 4.79 Å². The summed E-state index contributed by atoms with van der Waals surface area (Å²) >= 11 is 5.94. The van der Waals surface area contributed by atoms with Crippen LogP contribution >= 0.6 is 11.6 Å². The average molecular weight is 407 g/mol. The molecule has 2 aromatic heterocycles. The number of amides is 1. The maximum atomic E-state index is 13.1. The number of halogens is 1. The molecule has 1 atom stereocenters. The summed E-state index contributed by atoms with van der Waals surface area (Å²) in [6.45, 7) is 0. The molecular weight excluding hydrogens is 388 g/mol. The van der Waals surface area contributed by atoms with Gasteiger partial charge in [-0.05, 0) is 48.0 Å². The number of carbonyl (C=O) groups is 1. The van der Waals surface area contributed by atoms with E-state index in [1.807, 2.05) is 48.1 Å². The molecular formula is C22H19ClN4O2. The molecule has 0 aliphatic rings. The molecule has 0 saturated heterocycles. The molecule has 0 aliphatic heterocycles. The van der Waals surface area contributed by atoms with Gasteiger partial charge in [-0.25, -0.2) is 9.97 Å². The molecule has 0 bridgehead atoms. The SMILES string of the molecule is COc1cccc(C(NC(=O)c2ccc3nc(Cl)ccc3c2)c2nccn2C)c1. The zero-order chi connectivity index (χ0) is 20.4. The molecule has 1 N–H and O–H groups in total. The van der Waals surface area contributed by atoms with Crippen LogP contribution in [-0.2, 0) is 7.05 Å². The number of aryl methyl sites for hydroxylation is 1. The molecule has 0 spiro atoms. The molecule has 7 heteroatoms. The van der Waals surface area contributed by atoms with E-state index in [1.54, 1.807) is 37.6 Å². The lowest BCUT2D eigenvalue weighted by Crippen LogP contribution is -2.31. The fourth-order valence-electron chi connectivity index (χ4n) is 3.23. The summed E-state index contributed by atoms with van der Waals surface area (Å²) in [5.41, 5.74) is 2.15. The highest BCUT2D eigenvalue weighted by molar-refractivity contribution is 6.29. The van der Waals surface area contributed by atoms with Gasteiger partial charge >= 0.3 is 0 Å². The van der Waals surface area contributed by atoms with Crippen molar-refractivity contribution in [3.8, 4) is 5.75 Å². The van der Waals surface area contributed by atoms with Crippen molar-refractivity contribution in [3.05, 3.63) is 89.1 Å². The van der Waals surface area contributed by atoms with Crippen molar-refractivity contribution in [1.29, 1.82) is 0 Å². The van der Waals surface area contributed by atoms with E-state index in [1.165, 1.54) is 0 Å². The number of aromatic nitrogens is 3. The number of fused-ring (bicyclic) bond motifs is 1. The Morgan fingerprint density at radius 2 is 2.03 bits per heavy atom. The van der Waals surface area contributed by atoms with Gasteiger partial charge in [0.2, 0.25) is 0 Å². The summed E-state index contributed by atoms with van der Waals surface area (Å²) in [7, 11) is 3.51. The lowest BCUT2D eigenvalue weighted by molar-refractivity contribution is 0.0941. The predicted molar refractivity (Wildman–Crippen MR) is 112 cm³/mol. The Morgan fingerprint density at radius 1 is 1.17 bits per heavy atom. The number of pyridine rings is 1. The maximum Gasteiger partial charge on any atom is 0.252 e. The molecule has 29 heavy (non-hydrogen) atoms. The Labute approximate surface area is 173 Å². The van der Waals surface area contributed by atoms with Crippen molar-refractivity contribution < 1.29 is 9.53 Å². The number of methoxy groups -OCH3 is 1. The molecule has 0 saturated carbocycles. The molecule has 6 nitrogen and oxygen atoms in total. The fraction of sp³-hybridized carbons (Fsp3) is 0.136. The topological polar surface area (TPSA) is 69.0 Å². The van der Waals surface area contributed by atoms with Crippen molar-refractivity contribution in [3.63, 3.8) is 0 Å². The number of imidazole rings is 1. The van der Waals surface area contributed by atoms with Crippen LogP contribution in [0.4, 0.5) is 0 Å². The highest BCUT2D eigenvalue weighted by Gasteiger charge is 2.22. The summed E-state index contributed by atoms with van der Waals surface area (Å²) < 4.78 is 7.23. The molecule has 4 rings (SSSR count). The molecule has 146 valence electrons. The third kappa shape index (κ3) is 3.93. The summed E-state index contributed by atoms with van der Waals surface area (Å²) in [4.78, 5) is 21.8. The zero-order valence-corrected chi connectivity index (χ0v) is 16.7. The van der Waals surface area contributed by atoms with Gasteiger partial charge in [0.05, 0.1) is 12.6 Å². The second-order valence-electron chi connectivity index (χ2n) is 6.62. The largest absolute Gasteiger partial charge is 0.497 e. The molecule has 2 aromatic carbocycles. The van der Waals surface area contributed by atoms with Gasteiger partial charge in [-0.3, -0.25) is 4.79 Å². The molecule has 0 fully saturated rings. The Balaban J connectivity index is 1.69. The molecule has 2 heterocycles. The number of rotatable bonds is 5. The van der Waals surface area contributed by atoms with E-state index in [4.69, 9.17) is 16.3 Å². The van der Waals surface area contributed by atoms with Gasteiger partial charge in [0.25, 0.3) is 5.91 Å². The first-order valence-electron chi connectivity index (χ1n) is 9.03. The van der Waals surface area contributed by atoms with Crippen molar-refractivity contribution >= 4 is 28.4 Å². The minimum atomic E-state index is -0.434. The Hall–Kier alpha value is -3.38. The molecule has 1 amide bonds. The second kappa shape index (κ2) is 7.93. The molecule has 1 unspecified atom stereocenters. The number of hydrogen-bond acceptors (Lipinski definition) is 4. The lowest BCUT2D eigenvalue weighted by atomic mass is 10.0. The molecule has 4 aromatic rings. The van der Waals surface area contributed by atoms with Crippen molar-refractivity contribution in [1.82, 2.24) is 19.9 Å². The number of carbonyl (C=O) groups excluding carboxylic acids is 1. The first-order valence-corrected chi connectivity index (χ1v) is 9.41. The van der Waals surface area contributed by atoms with E-state index in [-0.39, 0.29) is 5.91 Å². The summed E-state index contributed by atoms with van der Waals surface area (Å²) in [5, 5.41) is 4.36. The molecule has 0 aliphatic carbocycles. The van der Waals surface area contributed by atoms with Gasteiger partial charge in [-0.15, -0.1) is 0 Å². The van der Waals surface area contributed by atoms with Gasteiger partial charge in [0, 0.05) is 30.4 Å². The minimum absolute atomic E-state index is 0.210. The Kier molecular flexibility index (Phi) is 5.18. The summed E-state index contributed by atoms with van der Waals surface area (Å²) in [6, 6.07) is 16.0. The van der Waals surface area contributed by atoms with Crippen molar-refractivity contribution in [2.24, 2.45) is 7.05 Å². The monoisotopic (exact) mass is 406 g/mol. The fourth-order valence-corrected chi connectivity index (χ4v) is 3.38. The van der Waals surface area contributed by atoms with Gasteiger partial charge in [-0.2, -0.15) is 0 Å². The third-order valence-corrected chi connectivity index (χ3v) is 4.95. The van der Waals surface area contributed by atoms with Crippen LogP contribution in [0.3, 0.4) is 0 Å². The van der Waals surface area contributed by atoms with E-state index in [2.05, 4.69) is 15.3 Å². The van der Waals surface area contributed by atoms with Gasteiger partial charge in [0.1, 0.15) is 22.8 Å². The maximum absolute atomic E-state index is 13.1. The van der Waals surface area contributed by atoms with Crippen LogP contribution in [-0.4, -0.2) is 27.6 Å². The van der Waals surface area contributed by atoms with Crippen molar-refractivity contribution in [2.75, 3.05) is 7.11 Å². The predicted octanol–water partition coefficient (Wildman–Crippen LogP) is 4.15. The molecule has 0 radical (unpaired) electrons. The number of benzene rings is 2. The zero-order valence-electron chi connectivity index (χ0n) is 16.0. The minimum Gasteiger partial charge on any atom is -0.497 e. The quantitative estimate of drug-likeness (QED) is 0.505. The number of ether oxygens (including phenoxy) is 1. The highest BCUT2D eigenvalue weighted by Crippen LogP contribution is 2.25. The first-order chi connectivity index (χ1) is 14.0. The smallest absolute Gasteiger partial charge is 0.252 e. The van der Waals surface area contributed by atoms with Gasteiger partial charge in [0.15, 0.2) is 0 Å². The van der Waals surface area contributed by atoms with Gasteiger partial charge in [-0.1, -0.05) is 23.7 Å². The third-order valence-electron chi connectivity index (χ3n) is 4.74. The Morgan fingerprint density at radius 3 is 2.79 bits per heavy atom. The van der Waals surface area contributed by atoms with Crippen molar-refractivity contribution in [2.45, 2.75) is 6.04 Å². The lowest BCUT2D eigenvalue weighted by Gasteiger charge is -2.20. The Bertz CT molecular complexity index is 1190. The first kappa shape index (κ1) is 19.0. The van der Waals surface area contributed by atoms with Crippen LogP contribution in [0.25, 0.3) is 10.9 Å². The van der Waals surface area contributed by atoms with E-state index >= 15 is 0 Å². The number of nitrogens with one attached hydrogen (secondary N) is 1.